The summed E-state index contributed by atoms with van der Waals surface area (Å²) < 4.78 is 1.18. The summed E-state index contributed by atoms with van der Waals surface area (Å²) in [6, 6.07) is 14.2. The van der Waals surface area contributed by atoms with E-state index >= 15 is 0 Å². The molecule has 1 aliphatic heterocycles. The third kappa shape index (κ3) is 4.14. The fourth-order valence-corrected chi connectivity index (χ4v) is 4.21. The zero-order valence-electron chi connectivity index (χ0n) is 19.4. The molecule has 0 aliphatic carbocycles. The molecule has 10 heteroatoms. The number of aromatic amines is 1. The number of anilines is 2. The second-order valence-corrected chi connectivity index (χ2v) is 8.26. The molecule has 0 radical (unpaired) electrons. The maximum atomic E-state index is 13.6. The number of H-pyrrole nitrogens is 1. The lowest BCUT2D eigenvalue weighted by Gasteiger charge is -2.30. The van der Waals surface area contributed by atoms with Gasteiger partial charge in [0.05, 0.1) is 17.7 Å². The van der Waals surface area contributed by atoms with Crippen molar-refractivity contribution in [1.82, 2.24) is 14.5 Å². The van der Waals surface area contributed by atoms with Crippen LogP contribution in [0.1, 0.15) is 46.5 Å². The average Bonchev–Trinajstić information content (AvgIpc) is 3.11. The highest BCUT2D eigenvalue weighted by molar-refractivity contribution is 6.23. The van der Waals surface area contributed by atoms with Crippen LogP contribution in [0.25, 0.3) is 0 Å². The van der Waals surface area contributed by atoms with Gasteiger partial charge in [0.1, 0.15) is 11.9 Å². The van der Waals surface area contributed by atoms with Crippen LogP contribution in [-0.2, 0) is 11.3 Å². The molecule has 3 amide bonds. The van der Waals surface area contributed by atoms with Gasteiger partial charge < -0.3 is 10.6 Å². The molecule has 2 aromatic carbocycles. The molecule has 0 bridgehead atoms. The number of imide groups is 1. The van der Waals surface area contributed by atoms with Crippen molar-refractivity contribution in [1.29, 1.82) is 0 Å². The SMILES string of the molecule is CCCN(C(=O)[C@H](C)N1C(=O)c2ccccc2C1=O)c1c(N)n(Cc2ccccc2)c(=O)[nH]c1=O. The number of nitrogen functional groups attached to an aromatic ring is 1. The van der Waals surface area contributed by atoms with E-state index in [0.29, 0.717) is 6.42 Å². The molecule has 0 saturated heterocycles. The van der Waals surface area contributed by atoms with Crippen LogP contribution in [0, 0.1) is 0 Å². The summed E-state index contributed by atoms with van der Waals surface area (Å²) in [6.07, 6.45) is 0.456. The number of nitrogens with one attached hydrogen (secondary N) is 1. The van der Waals surface area contributed by atoms with Gasteiger partial charge in [0.25, 0.3) is 17.4 Å². The summed E-state index contributed by atoms with van der Waals surface area (Å²) in [5.41, 5.74) is 5.75. The van der Waals surface area contributed by atoms with Gasteiger partial charge in [0, 0.05) is 6.54 Å². The summed E-state index contributed by atoms with van der Waals surface area (Å²) in [7, 11) is 0. The van der Waals surface area contributed by atoms with Crippen molar-refractivity contribution in [2.75, 3.05) is 17.2 Å². The molecule has 180 valence electrons. The number of amides is 3. The van der Waals surface area contributed by atoms with E-state index in [0.717, 1.165) is 15.4 Å². The second-order valence-electron chi connectivity index (χ2n) is 8.26. The monoisotopic (exact) mass is 475 g/mol. The zero-order chi connectivity index (χ0) is 25.3. The van der Waals surface area contributed by atoms with Gasteiger partial charge >= 0.3 is 5.69 Å². The van der Waals surface area contributed by atoms with E-state index < -0.39 is 35.0 Å². The first-order valence-electron chi connectivity index (χ1n) is 11.2. The lowest BCUT2D eigenvalue weighted by molar-refractivity contribution is -0.122. The summed E-state index contributed by atoms with van der Waals surface area (Å²) in [4.78, 5) is 69.1. The van der Waals surface area contributed by atoms with E-state index in [9.17, 15) is 24.0 Å². The molecular formula is C25H25N5O5. The van der Waals surface area contributed by atoms with E-state index in [2.05, 4.69) is 4.98 Å². The maximum Gasteiger partial charge on any atom is 0.330 e. The molecule has 0 unspecified atom stereocenters. The number of aromatic nitrogens is 2. The molecule has 3 N–H and O–H groups in total. The van der Waals surface area contributed by atoms with Crippen LogP contribution in [0.5, 0.6) is 0 Å². The van der Waals surface area contributed by atoms with Crippen molar-refractivity contribution in [3.63, 3.8) is 0 Å². The number of hydrogen-bond acceptors (Lipinski definition) is 6. The average molecular weight is 476 g/mol. The van der Waals surface area contributed by atoms with Gasteiger partial charge in [-0.05, 0) is 31.0 Å². The predicted octanol–water partition coefficient (Wildman–Crippen LogP) is 1.59. The highest BCUT2D eigenvalue weighted by Gasteiger charge is 2.42. The van der Waals surface area contributed by atoms with Crippen LogP contribution in [-0.4, -0.2) is 44.8 Å². The Kier molecular flexibility index (Phi) is 6.37. The van der Waals surface area contributed by atoms with Crippen molar-refractivity contribution < 1.29 is 14.4 Å². The Hall–Kier alpha value is -4.47. The molecular weight excluding hydrogens is 450 g/mol. The third-order valence-corrected chi connectivity index (χ3v) is 5.95. The molecule has 1 aromatic heterocycles. The number of carbonyl (C=O) groups excluding carboxylic acids is 3. The van der Waals surface area contributed by atoms with E-state index in [1.807, 2.05) is 6.07 Å². The smallest absolute Gasteiger partial charge is 0.330 e. The molecule has 1 aliphatic rings. The van der Waals surface area contributed by atoms with E-state index in [1.165, 1.54) is 23.6 Å². The van der Waals surface area contributed by atoms with E-state index in [-0.39, 0.29) is 35.7 Å². The molecule has 0 fully saturated rings. The van der Waals surface area contributed by atoms with Crippen molar-refractivity contribution in [3.8, 4) is 0 Å². The standard InChI is InChI=1S/C25H25N5O5/c1-3-13-28(22(32)15(2)30-23(33)17-11-7-8-12-18(17)24(30)34)19-20(26)29(25(35)27-21(19)31)14-16-9-5-4-6-10-16/h4-12,15H,3,13-14,26H2,1-2H3,(H,27,31,35)/t15-/m0/s1. The van der Waals surface area contributed by atoms with Gasteiger partial charge in [-0.3, -0.25) is 33.6 Å². The Labute approximate surface area is 200 Å². The number of carbonyl (C=O) groups is 3. The first kappa shape index (κ1) is 23.7. The Morgan fingerprint density at radius 3 is 2.11 bits per heavy atom. The molecule has 0 spiro atoms. The van der Waals surface area contributed by atoms with Crippen molar-refractivity contribution in [2.24, 2.45) is 0 Å². The van der Waals surface area contributed by atoms with E-state index in [4.69, 9.17) is 5.73 Å². The van der Waals surface area contributed by atoms with Crippen LogP contribution in [0.15, 0.2) is 64.2 Å². The molecule has 3 aromatic rings. The van der Waals surface area contributed by atoms with Crippen molar-refractivity contribution >= 4 is 29.2 Å². The molecule has 2 heterocycles. The molecule has 10 nitrogen and oxygen atoms in total. The van der Waals surface area contributed by atoms with Gasteiger partial charge in [-0.1, -0.05) is 49.4 Å². The number of fused-ring (bicyclic) bond motifs is 1. The summed E-state index contributed by atoms with van der Waals surface area (Å²) in [5.74, 6) is -2.01. The minimum atomic E-state index is -1.21. The van der Waals surface area contributed by atoms with Crippen LogP contribution in [0.3, 0.4) is 0 Å². The van der Waals surface area contributed by atoms with Gasteiger partial charge in [-0.2, -0.15) is 0 Å². The lowest BCUT2D eigenvalue weighted by Crippen LogP contribution is -2.51. The van der Waals surface area contributed by atoms with E-state index in [1.54, 1.807) is 43.3 Å². The van der Waals surface area contributed by atoms with Crippen molar-refractivity contribution in [2.45, 2.75) is 32.9 Å². The largest absolute Gasteiger partial charge is 0.383 e. The molecule has 4 rings (SSSR count). The van der Waals surface area contributed by atoms with Gasteiger partial charge in [0.2, 0.25) is 5.91 Å². The lowest BCUT2D eigenvalue weighted by atomic mass is 10.1. The van der Waals surface area contributed by atoms with Crippen molar-refractivity contribution in [3.05, 3.63) is 92.1 Å². The Morgan fingerprint density at radius 2 is 1.54 bits per heavy atom. The summed E-state index contributed by atoms with van der Waals surface area (Å²) in [5, 5.41) is 0. The molecule has 0 saturated carbocycles. The number of rotatable bonds is 7. The number of nitrogens with zero attached hydrogens (tertiary/aromatic N) is 3. The Morgan fingerprint density at radius 1 is 0.971 bits per heavy atom. The summed E-state index contributed by atoms with van der Waals surface area (Å²) in [6.45, 7) is 3.40. The van der Waals surface area contributed by atoms with Crippen LogP contribution in [0.4, 0.5) is 11.5 Å². The quantitative estimate of drug-likeness (QED) is 0.498. The first-order valence-corrected chi connectivity index (χ1v) is 11.2. The number of hydrogen-bond donors (Lipinski definition) is 2. The number of benzene rings is 2. The highest BCUT2D eigenvalue weighted by atomic mass is 16.2. The second kappa shape index (κ2) is 9.41. The van der Waals surface area contributed by atoms with Gasteiger partial charge in [-0.15, -0.1) is 0 Å². The van der Waals surface area contributed by atoms with Gasteiger partial charge in [0.15, 0.2) is 5.69 Å². The Balaban J connectivity index is 1.73. The minimum Gasteiger partial charge on any atom is -0.383 e. The normalized spacial score (nSPS) is 13.6. The first-order chi connectivity index (χ1) is 16.8. The van der Waals surface area contributed by atoms with Crippen LogP contribution < -0.4 is 21.9 Å². The topological polar surface area (TPSA) is 139 Å². The molecule has 1 atom stereocenters. The third-order valence-electron chi connectivity index (χ3n) is 5.95. The summed E-state index contributed by atoms with van der Waals surface area (Å²) >= 11 is 0. The van der Waals surface area contributed by atoms with Crippen LogP contribution in [0.2, 0.25) is 0 Å². The maximum absolute atomic E-state index is 13.6. The fraction of sp³-hybridized carbons (Fsp3) is 0.240. The predicted molar refractivity (Wildman–Crippen MR) is 130 cm³/mol. The van der Waals surface area contributed by atoms with Gasteiger partial charge in [-0.25, -0.2) is 4.79 Å². The molecule has 35 heavy (non-hydrogen) atoms. The number of nitrogens with two attached hydrogens (primary N) is 1. The minimum absolute atomic E-state index is 0.0808. The fourth-order valence-electron chi connectivity index (χ4n) is 4.21. The Bertz CT molecular complexity index is 1390. The zero-order valence-corrected chi connectivity index (χ0v) is 19.4. The van der Waals surface area contributed by atoms with Crippen LogP contribution >= 0.6 is 0 Å². The highest BCUT2D eigenvalue weighted by Crippen LogP contribution is 2.27.